The molecule has 1 atom stereocenters. The number of carbonyl (C=O) groups excluding carboxylic acids is 1. The maximum Gasteiger partial charge on any atom is 0.238 e. The highest BCUT2D eigenvalue weighted by atomic mass is 35.5. The second kappa shape index (κ2) is 6.76. The van der Waals surface area contributed by atoms with Gasteiger partial charge in [-0.15, -0.1) is 0 Å². The number of likely N-dealkylation sites (N-methyl/N-ethyl adjacent to an activating group) is 1. The van der Waals surface area contributed by atoms with Crippen LogP contribution in [0.2, 0.25) is 10.0 Å². The van der Waals surface area contributed by atoms with Gasteiger partial charge in [-0.25, -0.2) is 0 Å². The average Bonchev–Trinajstić information content (AvgIpc) is 3.17. The lowest BCUT2D eigenvalue weighted by molar-refractivity contribution is -0.117. The largest absolute Gasteiger partial charge is 0.392 e. The maximum atomic E-state index is 11.9. The van der Waals surface area contributed by atoms with Crippen molar-refractivity contribution in [3.63, 3.8) is 0 Å². The Morgan fingerprint density at radius 2 is 2.20 bits per heavy atom. The number of benzene rings is 1. The van der Waals surface area contributed by atoms with Crippen molar-refractivity contribution in [3.05, 3.63) is 28.2 Å². The van der Waals surface area contributed by atoms with Gasteiger partial charge in [0.05, 0.1) is 23.4 Å². The monoisotopic (exact) mass is 316 g/mol. The van der Waals surface area contributed by atoms with Crippen molar-refractivity contribution in [1.29, 1.82) is 0 Å². The van der Waals surface area contributed by atoms with Crippen molar-refractivity contribution in [3.8, 4) is 0 Å². The van der Waals surface area contributed by atoms with E-state index >= 15 is 0 Å². The standard InChI is InChI=1S/C14H18Cl2N2O2/c1-18(7-13(19)9-2-3-9)8-14(20)17-12-6-10(15)4-5-11(12)16/h4-6,9,13,19H,2-3,7-8H2,1H3,(H,17,20). The Kier molecular flexibility index (Phi) is 5.27. The third-order valence-corrected chi connectivity index (χ3v) is 3.85. The number of anilines is 1. The Balaban J connectivity index is 1.83. The molecule has 6 heteroatoms. The molecule has 4 nitrogen and oxygen atoms in total. The molecular formula is C14H18Cl2N2O2. The summed E-state index contributed by atoms with van der Waals surface area (Å²) < 4.78 is 0. The van der Waals surface area contributed by atoms with Gasteiger partial charge in [0.15, 0.2) is 0 Å². The molecule has 2 rings (SSSR count). The Bertz CT molecular complexity index is 492. The Morgan fingerprint density at radius 1 is 1.50 bits per heavy atom. The van der Waals surface area contributed by atoms with Crippen molar-refractivity contribution < 1.29 is 9.90 Å². The highest BCUT2D eigenvalue weighted by molar-refractivity contribution is 6.35. The topological polar surface area (TPSA) is 52.6 Å². The molecule has 0 aromatic heterocycles. The quantitative estimate of drug-likeness (QED) is 0.848. The van der Waals surface area contributed by atoms with Gasteiger partial charge in [0, 0.05) is 11.6 Å². The van der Waals surface area contributed by atoms with Crippen molar-refractivity contribution >= 4 is 34.8 Å². The summed E-state index contributed by atoms with van der Waals surface area (Å²) in [5.74, 6) is 0.225. The molecule has 20 heavy (non-hydrogen) atoms. The zero-order valence-electron chi connectivity index (χ0n) is 11.3. The molecule has 0 heterocycles. The Hall–Kier alpha value is -0.810. The first-order chi connectivity index (χ1) is 9.45. The van der Waals surface area contributed by atoms with Crippen LogP contribution in [0.1, 0.15) is 12.8 Å². The van der Waals surface area contributed by atoms with Crippen LogP contribution in [-0.2, 0) is 4.79 Å². The van der Waals surface area contributed by atoms with Gasteiger partial charge >= 0.3 is 0 Å². The van der Waals surface area contributed by atoms with E-state index in [0.717, 1.165) is 12.8 Å². The van der Waals surface area contributed by atoms with E-state index in [9.17, 15) is 9.90 Å². The lowest BCUT2D eigenvalue weighted by Gasteiger charge is -2.20. The third-order valence-electron chi connectivity index (χ3n) is 3.28. The summed E-state index contributed by atoms with van der Waals surface area (Å²) in [6.07, 6.45) is 1.82. The lowest BCUT2D eigenvalue weighted by Crippen LogP contribution is -2.36. The van der Waals surface area contributed by atoms with E-state index in [2.05, 4.69) is 5.32 Å². The number of rotatable bonds is 6. The van der Waals surface area contributed by atoms with E-state index in [4.69, 9.17) is 23.2 Å². The van der Waals surface area contributed by atoms with Gasteiger partial charge in [-0.1, -0.05) is 23.2 Å². The number of halogens is 2. The maximum absolute atomic E-state index is 11.9. The van der Waals surface area contributed by atoms with Crippen molar-refractivity contribution in [2.75, 3.05) is 25.5 Å². The van der Waals surface area contributed by atoms with Crippen LogP contribution >= 0.6 is 23.2 Å². The first kappa shape index (κ1) is 15.6. The van der Waals surface area contributed by atoms with Gasteiger partial charge in [-0.2, -0.15) is 0 Å². The molecular weight excluding hydrogens is 299 g/mol. The van der Waals surface area contributed by atoms with Crippen LogP contribution in [0.3, 0.4) is 0 Å². The second-order valence-corrected chi connectivity index (χ2v) is 6.12. The van der Waals surface area contributed by atoms with E-state index in [1.54, 1.807) is 23.1 Å². The molecule has 1 aromatic carbocycles. The van der Waals surface area contributed by atoms with Crippen molar-refractivity contribution in [2.45, 2.75) is 18.9 Å². The van der Waals surface area contributed by atoms with E-state index in [1.165, 1.54) is 0 Å². The van der Waals surface area contributed by atoms with Gasteiger partial charge in [-0.3, -0.25) is 9.69 Å². The summed E-state index contributed by atoms with van der Waals surface area (Å²) in [5.41, 5.74) is 0.500. The molecule has 1 unspecified atom stereocenters. The van der Waals surface area contributed by atoms with Gasteiger partial charge in [0.2, 0.25) is 5.91 Å². The highest BCUT2D eigenvalue weighted by Gasteiger charge is 2.30. The molecule has 0 aliphatic heterocycles. The number of aliphatic hydroxyl groups is 1. The molecule has 0 radical (unpaired) electrons. The second-order valence-electron chi connectivity index (χ2n) is 5.27. The average molecular weight is 317 g/mol. The van der Waals surface area contributed by atoms with E-state index in [-0.39, 0.29) is 18.6 Å². The molecule has 2 N–H and O–H groups in total. The van der Waals surface area contributed by atoms with Crippen LogP contribution < -0.4 is 5.32 Å². The molecule has 1 fully saturated rings. The fourth-order valence-corrected chi connectivity index (χ4v) is 2.38. The lowest BCUT2D eigenvalue weighted by atomic mass is 10.2. The molecule has 1 amide bonds. The summed E-state index contributed by atoms with van der Waals surface area (Å²) in [7, 11) is 1.81. The fraction of sp³-hybridized carbons (Fsp3) is 0.500. The van der Waals surface area contributed by atoms with Gasteiger partial charge in [-0.05, 0) is 44.0 Å². The smallest absolute Gasteiger partial charge is 0.238 e. The SMILES string of the molecule is CN(CC(=O)Nc1cc(Cl)ccc1Cl)CC(O)C1CC1. The predicted molar refractivity (Wildman–Crippen MR) is 81.3 cm³/mol. The van der Waals surface area contributed by atoms with Crippen LogP contribution in [-0.4, -0.2) is 42.2 Å². The van der Waals surface area contributed by atoms with Crippen LogP contribution in [0.25, 0.3) is 0 Å². The minimum Gasteiger partial charge on any atom is -0.392 e. The van der Waals surface area contributed by atoms with Gasteiger partial charge in [0.1, 0.15) is 0 Å². The Morgan fingerprint density at radius 3 is 2.85 bits per heavy atom. The number of carbonyl (C=O) groups is 1. The first-order valence-corrected chi connectivity index (χ1v) is 7.33. The summed E-state index contributed by atoms with van der Waals surface area (Å²) >= 11 is 11.8. The number of nitrogens with one attached hydrogen (secondary N) is 1. The summed E-state index contributed by atoms with van der Waals surface area (Å²) in [6.45, 7) is 0.702. The van der Waals surface area contributed by atoms with E-state index < -0.39 is 0 Å². The molecule has 1 aliphatic carbocycles. The number of amides is 1. The number of hydrogen-bond acceptors (Lipinski definition) is 3. The zero-order chi connectivity index (χ0) is 14.7. The number of hydrogen-bond donors (Lipinski definition) is 2. The minimum absolute atomic E-state index is 0.181. The summed E-state index contributed by atoms with van der Waals surface area (Å²) in [4.78, 5) is 13.7. The molecule has 1 saturated carbocycles. The predicted octanol–water partition coefficient (Wildman–Crippen LogP) is 2.63. The molecule has 0 bridgehead atoms. The summed E-state index contributed by atoms with van der Waals surface area (Å²) in [6, 6.07) is 4.92. The normalized spacial score (nSPS) is 16.2. The van der Waals surface area contributed by atoms with Crippen molar-refractivity contribution in [2.24, 2.45) is 5.92 Å². The van der Waals surface area contributed by atoms with Crippen LogP contribution in [0.4, 0.5) is 5.69 Å². The van der Waals surface area contributed by atoms with Gasteiger partial charge < -0.3 is 10.4 Å². The van der Waals surface area contributed by atoms with E-state index in [1.807, 2.05) is 7.05 Å². The molecule has 0 spiro atoms. The van der Waals surface area contributed by atoms with Gasteiger partial charge in [0.25, 0.3) is 0 Å². The minimum atomic E-state index is -0.345. The van der Waals surface area contributed by atoms with Crippen LogP contribution in [0, 0.1) is 5.92 Å². The van der Waals surface area contributed by atoms with Crippen molar-refractivity contribution in [1.82, 2.24) is 4.90 Å². The fourth-order valence-electron chi connectivity index (χ4n) is 2.04. The molecule has 0 saturated heterocycles. The van der Waals surface area contributed by atoms with E-state index in [0.29, 0.717) is 28.2 Å². The zero-order valence-corrected chi connectivity index (χ0v) is 12.8. The number of aliphatic hydroxyl groups excluding tert-OH is 1. The third kappa shape index (κ3) is 4.63. The number of nitrogens with zero attached hydrogens (tertiary/aromatic N) is 1. The Labute approximate surface area is 128 Å². The highest BCUT2D eigenvalue weighted by Crippen LogP contribution is 2.32. The molecule has 110 valence electrons. The van der Waals surface area contributed by atoms with Crippen LogP contribution in [0.5, 0.6) is 0 Å². The first-order valence-electron chi connectivity index (χ1n) is 6.57. The molecule has 1 aliphatic rings. The van der Waals surface area contributed by atoms with Crippen LogP contribution in [0.15, 0.2) is 18.2 Å². The summed E-state index contributed by atoms with van der Waals surface area (Å²) in [5, 5.41) is 13.5. The molecule has 1 aromatic rings.